The van der Waals surface area contributed by atoms with Gasteiger partial charge in [-0.25, -0.2) is 0 Å². The predicted molar refractivity (Wildman–Crippen MR) is 82.9 cm³/mol. The minimum atomic E-state index is 0.410. The molecule has 0 aliphatic carbocycles. The maximum absolute atomic E-state index is 5.76. The van der Waals surface area contributed by atoms with Crippen LogP contribution in [0.1, 0.15) is 51.5 Å². The van der Waals surface area contributed by atoms with E-state index in [1.807, 2.05) is 12.1 Å². The zero-order valence-corrected chi connectivity index (χ0v) is 12.7. The minimum Gasteiger partial charge on any atom is -0.492 e. The van der Waals surface area contributed by atoms with E-state index in [2.05, 4.69) is 38.2 Å². The summed E-state index contributed by atoms with van der Waals surface area (Å²) < 4.78 is 5.76. The van der Waals surface area contributed by atoms with Crippen LogP contribution in [0.5, 0.6) is 5.75 Å². The Hall–Kier alpha value is -1.02. The van der Waals surface area contributed by atoms with Gasteiger partial charge >= 0.3 is 0 Å². The Bertz CT molecular complexity index is 321. The van der Waals surface area contributed by atoms with Crippen LogP contribution in [-0.2, 0) is 0 Å². The Morgan fingerprint density at radius 3 is 2.42 bits per heavy atom. The molecule has 0 fully saturated rings. The molecule has 1 rings (SSSR count). The van der Waals surface area contributed by atoms with Crippen molar-refractivity contribution in [3.8, 4) is 5.75 Å². The molecule has 0 aromatic heterocycles. The van der Waals surface area contributed by atoms with Gasteiger partial charge in [0.05, 0.1) is 0 Å². The van der Waals surface area contributed by atoms with Gasteiger partial charge in [-0.3, -0.25) is 0 Å². The van der Waals surface area contributed by atoms with Gasteiger partial charge in [0, 0.05) is 6.04 Å². The highest BCUT2D eigenvalue weighted by molar-refractivity contribution is 5.26. The summed E-state index contributed by atoms with van der Waals surface area (Å²) in [7, 11) is 0. The number of ether oxygens (including phenoxy) is 1. The summed E-state index contributed by atoms with van der Waals surface area (Å²) in [6.07, 6.45) is 6.66. The topological polar surface area (TPSA) is 21.3 Å². The second-order valence-electron chi connectivity index (χ2n) is 5.39. The highest BCUT2D eigenvalue weighted by Gasteiger charge is 2.02. The lowest BCUT2D eigenvalue weighted by atomic mass is 10.1. The number of benzene rings is 1. The summed E-state index contributed by atoms with van der Waals surface area (Å²) in [6, 6.07) is 8.65. The standard InChI is InChI=1S/C17H29NO/c1-4-5-6-7-8-13-18-16(3)14-19-17-11-9-15(2)10-12-17/h9-12,16,18H,4-8,13-14H2,1-3H3. The van der Waals surface area contributed by atoms with Crippen molar-refractivity contribution in [1.82, 2.24) is 5.32 Å². The SMILES string of the molecule is CCCCCCCNC(C)COc1ccc(C)cc1. The molecule has 0 saturated heterocycles. The van der Waals surface area contributed by atoms with Crippen LogP contribution in [0.15, 0.2) is 24.3 Å². The first-order valence-electron chi connectivity index (χ1n) is 7.65. The minimum absolute atomic E-state index is 0.410. The molecule has 0 spiro atoms. The molecule has 0 aliphatic heterocycles. The second-order valence-corrected chi connectivity index (χ2v) is 5.39. The first-order chi connectivity index (χ1) is 9.22. The molecule has 1 aromatic rings. The quantitative estimate of drug-likeness (QED) is 0.635. The van der Waals surface area contributed by atoms with Crippen LogP contribution in [-0.4, -0.2) is 19.2 Å². The van der Waals surface area contributed by atoms with Gasteiger partial charge in [-0.05, 0) is 38.9 Å². The van der Waals surface area contributed by atoms with Gasteiger partial charge in [0.1, 0.15) is 12.4 Å². The maximum atomic E-state index is 5.76. The molecule has 1 atom stereocenters. The van der Waals surface area contributed by atoms with Crippen molar-refractivity contribution in [2.24, 2.45) is 0 Å². The molecular formula is C17H29NO. The van der Waals surface area contributed by atoms with Crippen LogP contribution < -0.4 is 10.1 Å². The molecule has 0 saturated carbocycles. The fraction of sp³-hybridized carbons (Fsp3) is 0.647. The third-order valence-corrected chi connectivity index (χ3v) is 3.29. The van der Waals surface area contributed by atoms with Crippen molar-refractivity contribution in [2.45, 2.75) is 58.9 Å². The average molecular weight is 263 g/mol. The summed E-state index contributed by atoms with van der Waals surface area (Å²) >= 11 is 0. The lowest BCUT2D eigenvalue weighted by Gasteiger charge is -2.15. The van der Waals surface area contributed by atoms with E-state index in [-0.39, 0.29) is 0 Å². The number of nitrogens with one attached hydrogen (secondary N) is 1. The maximum Gasteiger partial charge on any atom is 0.119 e. The zero-order chi connectivity index (χ0) is 13.9. The van der Waals surface area contributed by atoms with Crippen molar-refractivity contribution in [3.05, 3.63) is 29.8 Å². The fourth-order valence-electron chi connectivity index (χ4n) is 1.99. The van der Waals surface area contributed by atoms with Gasteiger partial charge in [-0.15, -0.1) is 0 Å². The first-order valence-corrected chi connectivity index (χ1v) is 7.65. The summed E-state index contributed by atoms with van der Waals surface area (Å²) in [5.74, 6) is 0.960. The third kappa shape index (κ3) is 7.89. The third-order valence-electron chi connectivity index (χ3n) is 3.29. The summed E-state index contributed by atoms with van der Waals surface area (Å²) in [4.78, 5) is 0. The van der Waals surface area contributed by atoms with Gasteiger partial charge in [0.2, 0.25) is 0 Å². The summed E-state index contributed by atoms with van der Waals surface area (Å²) in [6.45, 7) is 8.36. The van der Waals surface area contributed by atoms with E-state index in [0.29, 0.717) is 6.04 Å². The van der Waals surface area contributed by atoms with E-state index < -0.39 is 0 Å². The predicted octanol–water partition coefficient (Wildman–Crippen LogP) is 4.32. The molecular weight excluding hydrogens is 234 g/mol. The van der Waals surface area contributed by atoms with Crippen LogP contribution in [0.2, 0.25) is 0 Å². The molecule has 0 amide bonds. The van der Waals surface area contributed by atoms with Crippen LogP contribution in [0, 0.1) is 6.92 Å². The number of hydrogen-bond acceptors (Lipinski definition) is 2. The van der Waals surface area contributed by atoms with E-state index in [4.69, 9.17) is 4.74 Å². The number of aryl methyl sites for hydroxylation is 1. The van der Waals surface area contributed by atoms with Crippen LogP contribution >= 0.6 is 0 Å². The van der Waals surface area contributed by atoms with E-state index in [9.17, 15) is 0 Å². The zero-order valence-electron chi connectivity index (χ0n) is 12.7. The Morgan fingerprint density at radius 1 is 1.05 bits per heavy atom. The molecule has 1 N–H and O–H groups in total. The average Bonchev–Trinajstić information content (AvgIpc) is 2.42. The molecule has 2 nitrogen and oxygen atoms in total. The van der Waals surface area contributed by atoms with Crippen LogP contribution in [0.25, 0.3) is 0 Å². The highest BCUT2D eigenvalue weighted by atomic mass is 16.5. The smallest absolute Gasteiger partial charge is 0.119 e. The second kappa shape index (κ2) is 9.85. The molecule has 19 heavy (non-hydrogen) atoms. The van der Waals surface area contributed by atoms with Gasteiger partial charge < -0.3 is 10.1 Å². The summed E-state index contributed by atoms with van der Waals surface area (Å²) in [5.41, 5.74) is 1.27. The molecule has 0 aliphatic rings. The van der Waals surface area contributed by atoms with Crippen molar-refractivity contribution in [2.75, 3.05) is 13.2 Å². The Labute approximate surface area is 118 Å². The van der Waals surface area contributed by atoms with Crippen molar-refractivity contribution in [3.63, 3.8) is 0 Å². The molecule has 0 heterocycles. The van der Waals surface area contributed by atoms with Gasteiger partial charge in [0.25, 0.3) is 0 Å². The van der Waals surface area contributed by atoms with E-state index in [1.54, 1.807) is 0 Å². The van der Waals surface area contributed by atoms with E-state index >= 15 is 0 Å². The monoisotopic (exact) mass is 263 g/mol. The summed E-state index contributed by atoms with van der Waals surface area (Å²) in [5, 5.41) is 3.52. The molecule has 0 radical (unpaired) electrons. The molecule has 1 unspecified atom stereocenters. The number of hydrogen-bond donors (Lipinski definition) is 1. The van der Waals surface area contributed by atoms with Gasteiger partial charge in [-0.1, -0.05) is 50.3 Å². The van der Waals surface area contributed by atoms with Crippen LogP contribution in [0.3, 0.4) is 0 Å². The number of unbranched alkanes of at least 4 members (excludes halogenated alkanes) is 4. The Kier molecular flexibility index (Phi) is 8.31. The van der Waals surface area contributed by atoms with Gasteiger partial charge in [0.15, 0.2) is 0 Å². The largest absolute Gasteiger partial charge is 0.492 e. The lowest BCUT2D eigenvalue weighted by molar-refractivity contribution is 0.272. The first kappa shape index (κ1) is 16.0. The van der Waals surface area contributed by atoms with Gasteiger partial charge in [-0.2, -0.15) is 0 Å². The number of rotatable bonds is 10. The highest BCUT2D eigenvalue weighted by Crippen LogP contribution is 2.11. The van der Waals surface area contributed by atoms with E-state index in [1.165, 1.54) is 37.7 Å². The Morgan fingerprint density at radius 2 is 1.74 bits per heavy atom. The molecule has 0 bridgehead atoms. The molecule has 1 aromatic carbocycles. The van der Waals surface area contributed by atoms with Crippen molar-refractivity contribution < 1.29 is 4.74 Å². The Balaban J connectivity index is 2.04. The molecule has 2 heteroatoms. The lowest BCUT2D eigenvalue weighted by Crippen LogP contribution is -2.32. The van der Waals surface area contributed by atoms with E-state index in [0.717, 1.165) is 18.9 Å². The van der Waals surface area contributed by atoms with Crippen molar-refractivity contribution in [1.29, 1.82) is 0 Å². The fourth-order valence-corrected chi connectivity index (χ4v) is 1.99. The van der Waals surface area contributed by atoms with Crippen LogP contribution in [0.4, 0.5) is 0 Å². The normalized spacial score (nSPS) is 12.4. The molecule has 108 valence electrons. The van der Waals surface area contributed by atoms with Crippen molar-refractivity contribution >= 4 is 0 Å².